The van der Waals surface area contributed by atoms with Crippen molar-refractivity contribution in [3.8, 4) is 0 Å². The van der Waals surface area contributed by atoms with Gasteiger partial charge in [-0.25, -0.2) is 8.42 Å². The van der Waals surface area contributed by atoms with Crippen LogP contribution in [0.25, 0.3) is 0 Å². The summed E-state index contributed by atoms with van der Waals surface area (Å²) in [6, 6.07) is 9.58. The standard InChI is InChI=1S/C15H23NO2S/c1-16-12-15(13-8-4-2-5-9-13)19(17,18)14-10-6-3-7-11-14/h2,4-5,8-9,14-16H,3,6-7,10-12H2,1H3. The second-order valence-electron chi connectivity index (χ2n) is 5.31. The lowest BCUT2D eigenvalue weighted by molar-refractivity contribution is 0.476. The Hall–Kier alpha value is -0.870. The van der Waals surface area contributed by atoms with Crippen LogP contribution in [0.2, 0.25) is 0 Å². The van der Waals surface area contributed by atoms with Gasteiger partial charge in [-0.1, -0.05) is 49.6 Å². The molecule has 1 aliphatic rings. The molecule has 0 bridgehead atoms. The van der Waals surface area contributed by atoms with Gasteiger partial charge in [-0.05, 0) is 25.5 Å². The molecule has 1 unspecified atom stereocenters. The van der Waals surface area contributed by atoms with Crippen molar-refractivity contribution in [1.82, 2.24) is 5.32 Å². The lowest BCUT2D eigenvalue weighted by Crippen LogP contribution is -2.33. The van der Waals surface area contributed by atoms with Crippen molar-refractivity contribution in [2.45, 2.75) is 42.6 Å². The van der Waals surface area contributed by atoms with Gasteiger partial charge < -0.3 is 5.32 Å². The largest absolute Gasteiger partial charge is 0.318 e. The van der Waals surface area contributed by atoms with E-state index in [1.165, 1.54) is 6.42 Å². The van der Waals surface area contributed by atoms with Crippen molar-refractivity contribution in [2.24, 2.45) is 0 Å². The molecule has 1 fully saturated rings. The quantitative estimate of drug-likeness (QED) is 0.902. The van der Waals surface area contributed by atoms with Crippen molar-refractivity contribution in [1.29, 1.82) is 0 Å². The zero-order valence-corrected chi connectivity index (χ0v) is 12.3. The predicted molar refractivity (Wildman–Crippen MR) is 78.9 cm³/mol. The molecule has 1 saturated carbocycles. The van der Waals surface area contributed by atoms with Crippen LogP contribution >= 0.6 is 0 Å². The molecule has 1 aromatic carbocycles. The van der Waals surface area contributed by atoms with Gasteiger partial charge in [0.25, 0.3) is 0 Å². The SMILES string of the molecule is CNCC(c1ccccc1)S(=O)(=O)C1CCCCC1. The van der Waals surface area contributed by atoms with E-state index in [4.69, 9.17) is 0 Å². The molecule has 1 atom stereocenters. The lowest BCUT2D eigenvalue weighted by atomic mass is 10.0. The molecule has 19 heavy (non-hydrogen) atoms. The van der Waals surface area contributed by atoms with Gasteiger partial charge in [-0.2, -0.15) is 0 Å². The molecule has 0 radical (unpaired) electrons. The highest BCUT2D eigenvalue weighted by molar-refractivity contribution is 7.92. The summed E-state index contributed by atoms with van der Waals surface area (Å²) in [5.74, 6) is 0. The number of hydrogen-bond donors (Lipinski definition) is 1. The van der Waals surface area contributed by atoms with E-state index >= 15 is 0 Å². The molecule has 4 heteroatoms. The zero-order valence-electron chi connectivity index (χ0n) is 11.5. The van der Waals surface area contributed by atoms with Crippen molar-refractivity contribution in [3.05, 3.63) is 35.9 Å². The van der Waals surface area contributed by atoms with E-state index in [0.717, 1.165) is 31.2 Å². The minimum Gasteiger partial charge on any atom is -0.318 e. The summed E-state index contributed by atoms with van der Waals surface area (Å²) < 4.78 is 25.7. The Morgan fingerprint density at radius 2 is 1.79 bits per heavy atom. The summed E-state index contributed by atoms with van der Waals surface area (Å²) in [4.78, 5) is 0. The lowest BCUT2D eigenvalue weighted by Gasteiger charge is -2.27. The average Bonchev–Trinajstić information content (AvgIpc) is 2.46. The first kappa shape index (κ1) is 14.5. The first-order valence-corrected chi connectivity index (χ1v) is 8.69. The van der Waals surface area contributed by atoms with Crippen LogP contribution in [0.1, 0.15) is 42.9 Å². The minimum absolute atomic E-state index is 0.153. The smallest absolute Gasteiger partial charge is 0.161 e. The van der Waals surface area contributed by atoms with Crippen LogP contribution in [0.4, 0.5) is 0 Å². The van der Waals surface area contributed by atoms with Gasteiger partial charge in [0.15, 0.2) is 9.84 Å². The Morgan fingerprint density at radius 1 is 1.16 bits per heavy atom. The third kappa shape index (κ3) is 3.37. The fourth-order valence-corrected chi connectivity index (χ4v) is 5.29. The molecular weight excluding hydrogens is 258 g/mol. The molecule has 0 amide bonds. The maximum atomic E-state index is 12.8. The molecule has 1 aliphatic carbocycles. The Labute approximate surface area is 116 Å². The number of likely N-dealkylation sites (N-methyl/N-ethyl adjacent to an activating group) is 1. The van der Waals surface area contributed by atoms with Crippen LogP contribution in [0.15, 0.2) is 30.3 Å². The first-order chi connectivity index (χ1) is 9.16. The second-order valence-corrected chi connectivity index (χ2v) is 7.72. The number of benzene rings is 1. The van der Waals surface area contributed by atoms with Gasteiger partial charge in [-0.15, -0.1) is 0 Å². The van der Waals surface area contributed by atoms with Crippen LogP contribution in [0, 0.1) is 0 Å². The van der Waals surface area contributed by atoms with Gasteiger partial charge in [0.2, 0.25) is 0 Å². The van der Waals surface area contributed by atoms with E-state index in [1.54, 1.807) is 0 Å². The van der Waals surface area contributed by atoms with E-state index in [1.807, 2.05) is 37.4 Å². The molecule has 0 saturated heterocycles. The van der Waals surface area contributed by atoms with Gasteiger partial charge in [0, 0.05) is 6.54 Å². The second kappa shape index (κ2) is 6.53. The van der Waals surface area contributed by atoms with Crippen LogP contribution in [-0.2, 0) is 9.84 Å². The molecule has 2 rings (SSSR count). The molecule has 1 N–H and O–H groups in total. The minimum atomic E-state index is -3.10. The summed E-state index contributed by atoms with van der Waals surface area (Å²) >= 11 is 0. The number of sulfone groups is 1. The topological polar surface area (TPSA) is 46.2 Å². The van der Waals surface area contributed by atoms with Gasteiger partial charge >= 0.3 is 0 Å². The molecule has 0 heterocycles. The number of rotatable bonds is 5. The molecule has 3 nitrogen and oxygen atoms in total. The highest BCUT2D eigenvalue weighted by atomic mass is 32.2. The molecule has 1 aromatic rings. The zero-order chi connectivity index (χ0) is 13.7. The van der Waals surface area contributed by atoms with E-state index < -0.39 is 15.1 Å². The fourth-order valence-electron chi connectivity index (χ4n) is 2.90. The third-order valence-electron chi connectivity index (χ3n) is 3.97. The monoisotopic (exact) mass is 281 g/mol. The van der Waals surface area contributed by atoms with E-state index in [2.05, 4.69) is 5.32 Å². The van der Waals surface area contributed by atoms with Crippen LogP contribution in [0.3, 0.4) is 0 Å². The molecule has 0 aliphatic heterocycles. The average molecular weight is 281 g/mol. The molecular formula is C15H23NO2S. The van der Waals surface area contributed by atoms with Crippen molar-refractivity contribution < 1.29 is 8.42 Å². The Kier molecular flexibility index (Phi) is 4.99. The van der Waals surface area contributed by atoms with Crippen LogP contribution < -0.4 is 5.32 Å². The summed E-state index contributed by atoms with van der Waals surface area (Å²) in [6.45, 7) is 0.489. The fraction of sp³-hybridized carbons (Fsp3) is 0.600. The summed E-state index contributed by atoms with van der Waals surface area (Å²) in [5, 5.41) is 2.46. The van der Waals surface area contributed by atoms with Crippen molar-refractivity contribution >= 4 is 9.84 Å². The Balaban J connectivity index is 2.27. The summed E-state index contributed by atoms with van der Waals surface area (Å²) in [6.07, 6.45) is 4.93. The Morgan fingerprint density at radius 3 is 2.37 bits per heavy atom. The maximum absolute atomic E-state index is 12.8. The normalized spacial score (nSPS) is 19.2. The first-order valence-electron chi connectivity index (χ1n) is 7.08. The highest BCUT2D eigenvalue weighted by Gasteiger charge is 2.35. The highest BCUT2D eigenvalue weighted by Crippen LogP contribution is 2.32. The van der Waals surface area contributed by atoms with E-state index in [0.29, 0.717) is 6.54 Å². The number of nitrogens with one attached hydrogen (secondary N) is 1. The number of hydrogen-bond acceptors (Lipinski definition) is 3. The molecule has 106 valence electrons. The Bertz CT molecular complexity index is 478. The van der Waals surface area contributed by atoms with E-state index in [-0.39, 0.29) is 5.25 Å². The third-order valence-corrected chi connectivity index (χ3v) is 6.61. The van der Waals surface area contributed by atoms with Crippen molar-refractivity contribution in [2.75, 3.05) is 13.6 Å². The van der Waals surface area contributed by atoms with Crippen LogP contribution in [0.5, 0.6) is 0 Å². The van der Waals surface area contributed by atoms with Gasteiger partial charge in [0.05, 0.1) is 10.5 Å². The molecule has 0 spiro atoms. The maximum Gasteiger partial charge on any atom is 0.161 e. The van der Waals surface area contributed by atoms with Crippen molar-refractivity contribution in [3.63, 3.8) is 0 Å². The van der Waals surface area contributed by atoms with Crippen LogP contribution in [-0.4, -0.2) is 27.3 Å². The van der Waals surface area contributed by atoms with Gasteiger partial charge in [0.1, 0.15) is 0 Å². The summed E-state index contributed by atoms with van der Waals surface area (Å²) in [7, 11) is -1.29. The molecule has 0 aromatic heterocycles. The van der Waals surface area contributed by atoms with Gasteiger partial charge in [-0.3, -0.25) is 0 Å². The predicted octanol–water partition coefficient (Wildman–Crippen LogP) is 2.69. The summed E-state index contributed by atoms with van der Waals surface area (Å²) in [5.41, 5.74) is 0.905. The van der Waals surface area contributed by atoms with E-state index in [9.17, 15) is 8.42 Å².